The Morgan fingerprint density at radius 1 is 1.37 bits per heavy atom. The van der Waals surface area contributed by atoms with Gasteiger partial charge >= 0.3 is 0 Å². The van der Waals surface area contributed by atoms with Crippen LogP contribution >= 0.6 is 23.2 Å². The summed E-state index contributed by atoms with van der Waals surface area (Å²) in [6, 6.07) is 4.95. The predicted octanol–water partition coefficient (Wildman–Crippen LogP) is 3.49. The predicted molar refractivity (Wildman–Crippen MR) is 77.0 cm³/mol. The summed E-state index contributed by atoms with van der Waals surface area (Å²) < 4.78 is 5.32. The summed E-state index contributed by atoms with van der Waals surface area (Å²) in [5, 5.41) is 0.935. The van der Waals surface area contributed by atoms with E-state index in [4.69, 9.17) is 27.9 Å². The van der Waals surface area contributed by atoms with Gasteiger partial charge < -0.3 is 9.64 Å². The fraction of sp³-hybridized carbons (Fsp3) is 0.500. The van der Waals surface area contributed by atoms with Crippen LogP contribution in [0, 0.1) is 5.92 Å². The average molecular weight is 302 g/mol. The van der Waals surface area contributed by atoms with Gasteiger partial charge in [-0.15, -0.1) is 0 Å². The lowest BCUT2D eigenvalue weighted by atomic mass is 9.99. The van der Waals surface area contributed by atoms with Crippen molar-refractivity contribution in [1.82, 2.24) is 4.90 Å². The molecule has 0 radical (unpaired) electrons. The standard InChI is InChI=1S/C14H17Cl2NO2/c1-17(9-10-4-6-19-7-5-10)14(18)12-3-2-11(15)8-13(12)16/h2-3,8,10H,4-7,9H2,1H3. The maximum absolute atomic E-state index is 12.3. The fourth-order valence-electron chi connectivity index (χ4n) is 2.27. The molecule has 1 heterocycles. The fourth-order valence-corrected chi connectivity index (χ4v) is 2.76. The highest BCUT2D eigenvalue weighted by Crippen LogP contribution is 2.23. The van der Waals surface area contributed by atoms with Crippen molar-refractivity contribution >= 4 is 29.1 Å². The second-order valence-corrected chi connectivity index (χ2v) is 5.71. The molecule has 1 fully saturated rings. The minimum Gasteiger partial charge on any atom is -0.381 e. The largest absolute Gasteiger partial charge is 0.381 e. The molecule has 1 saturated heterocycles. The van der Waals surface area contributed by atoms with Crippen molar-refractivity contribution in [2.24, 2.45) is 5.92 Å². The van der Waals surface area contributed by atoms with Crippen molar-refractivity contribution in [3.63, 3.8) is 0 Å². The van der Waals surface area contributed by atoms with E-state index < -0.39 is 0 Å². The topological polar surface area (TPSA) is 29.5 Å². The zero-order valence-electron chi connectivity index (χ0n) is 10.9. The molecule has 3 nitrogen and oxygen atoms in total. The second-order valence-electron chi connectivity index (χ2n) is 4.87. The van der Waals surface area contributed by atoms with Gasteiger partial charge in [-0.1, -0.05) is 23.2 Å². The molecule has 0 unspecified atom stereocenters. The maximum atomic E-state index is 12.3. The average Bonchev–Trinajstić information content (AvgIpc) is 2.39. The van der Waals surface area contributed by atoms with Crippen LogP contribution in [0.25, 0.3) is 0 Å². The SMILES string of the molecule is CN(CC1CCOCC1)C(=O)c1ccc(Cl)cc1Cl. The summed E-state index contributed by atoms with van der Waals surface area (Å²) in [6.45, 7) is 2.31. The maximum Gasteiger partial charge on any atom is 0.255 e. The van der Waals surface area contributed by atoms with Crippen LogP contribution in [-0.4, -0.2) is 37.6 Å². The highest BCUT2D eigenvalue weighted by molar-refractivity contribution is 6.36. The van der Waals surface area contributed by atoms with Crippen LogP contribution in [0.3, 0.4) is 0 Å². The van der Waals surface area contributed by atoms with E-state index in [0.717, 1.165) is 32.6 Å². The molecule has 104 valence electrons. The Morgan fingerprint density at radius 2 is 2.05 bits per heavy atom. The zero-order chi connectivity index (χ0) is 13.8. The van der Waals surface area contributed by atoms with E-state index >= 15 is 0 Å². The van der Waals surface area contributed by atoms with E-state index in [1.807, 2.05) is 7.05 Å². The number of carbonyl (C=O) groups is 1. The van der Waals surface area contributed by atoms with Crippen molar-refractivity contribution < 1.29 is 9.53 Å². The molecule has 2 rings (SSSR count). The van der Waals surface area contributed by atoms with Crippen molar-refractivity contribution in [1.29, 1.82) is 0 Å². The molecular formula is C14H17Cl2NO2. The lowest BCUT2D eigenvalue weighted by Crippen LogP contribution is -2.34. The third kappa shape index (κ3) is 3.85. The smallest absolute Gasteiger partial charge is 0.255 e. The molecule has 0 aliphatic carbocycles. The molecule has 0 spiro atoms. The minimum atomic E-state index is -0.0619. The molecule has 5 heteroatoms. The van der Waals surface area contributed by atoms with E-state index in [1.54, 1.807) is 23.1 Å². The van der Waals surface area contributed by atoms with Crippen molar-refractivity contribution in [3.8, 4) is 0 Å². The van der Waals surface area contributed by atoms with Crippen molar-refractivity contribution in [3.05, 3.63) is 33.8 Å². The quantitative estimate of drug-likeness (QED) is 0.855. The van der Waals surface area contributed by atoms with Crippen LogP contribution in [0.1, 0.15) is 23.2 Å². The molecule has 1 aliphatic heterocycles. The van der Waals surface area contributed by atoms with Gasteiger partial charge in [0.25, 0.3) is 5.91 Å². The van der Waals surface area contributed by atoms with Gasteiger partial charge in [-0.3, -0.25) is 4.79 Å². The Balaban J connectivity index is 2.01. The van der Waals surface area contributed by atoms with Gasteiger partial charge in [0.05, 0.1) is 10.6 Å². The van der Waals surface area contributed by atoms with Gasteiger partial charge in [0.1, 0.15) is 0 Å². The summed E-state index contributed by atoms with van der Waals surface area (Å²) >= 11 is 11.9. The Labute approximate surface area is 123 Å². The van der Waals surface area contributed by atoms with Crippen LogP contribution in [0.4, 0.5) is 0 Å². The molecular weight excluding hydrogens is 285 g/mol. The van der Waals surface area contributed by atoms with Gasteiger partial charge in [-0.2, -0.15) is 0 Å². The van der Waals surface area contributed by atoms with Gasteiger partial charge in [-0.05, 0) is 37.0 Å². The summed E-state index contributed by atoms with van der Waals surface area (Å²) in [5.41, 5.74) is 0.501. The number of amides is 1. The van der Waals surface area contributed by atoms with Crippen LogP contribution in [0.15, 0.2) is 18.2 Å². The molecule has 0 atom stereocenters. The second kappa shape index (κ2) is 6.60. The molecule has 0 saturated carbocycles. The van der Waals surface area contributed by atoms with Gasteiger partial charge in [0.15, 0.2) is 0 Å². The lowest BCUT2D eigenvalue weighted by Gasteiger charge is -2.27. The molecule has 1 aromatic rings. The third-order valence-electron chi connectivity index (χ3n) is 3.38. The first kappa shape index (κ1) is 14.6. The van der Waals surface area contributed by atoms with Crippen molar-refractivity contribution in [2.45, 2.75) is 12.8 Å². The van der Waals surface area contributed by atoms with Gasteiger partial charge in [0, 0.05) is 31.8 Å². The van der Waals surface area contributed by atoms with Crippen molar-refractivity contribution in [2.75, 3.05) is 26.8 Å². The van der Waals surface area contributed by atoms with Crippen LogP contribution in [0.5, 0.6) is 0 Å². The monoisotopic (exact) mass is 301 g/mol. The molecule has 0 N–H and O–H groups in total. The molecule has 0 bridgehead atoms. The number of benzene rings is 1. The van der Waals surface area contributed by atoms with Crippen LogP contribution in [-0.2, 0) is 4.74 Å². The number of hydrogen-bond acceptors (Lipinski definition) is 2. The highest BCUT2D eigenvalue weighted by Gasteiger charge is 2.20. The molecule has 1 aromatic carbocycles. The number of carbonyl (C=O) groups excluding carboxylic acids is 1. The van der Waals surface area contributed by atoms with E-state index in [2.05, 4.69) is 0 Å². The summed E-state index contributed by atoms with van der Waals surface area (Å²) in [6.07, 6.45) is 2.01. The normalized spacial score (nSPS) is 16.4. The number of halogens is 2. The number of rotatable bonds is 3. The third-order valence-corrected chi connectivity index (χ3v) is 3.93. The first-order chi connectivity index (χ1) is 9.08. The Kier molecular flexibility index (Phi) is 5.08. The number of hydrogen-bond donors (Lipinski definition) is 0. The zero-order valence-corrected chi connectivity index (χ0v) is 12.4. The van der Waals surface area contributed by atoms with Gasteiger partial charge in [-0.25, -0.2) is 0 Å². The first-order valence-corrected chi connectivity index (χ1v) is 7.12. The first-order valence-electron chi connectivity index (χ1n) is 6.36. The minimum absolute atomic E-state index is 0.0619. The van der Waals surface area contributed by atoms with Crippen LogP contribution in [0.2, 0.25) is 10.0 Å². The van der Waals surface area contributed by atoms with Gasteiger partial charge in [0.2, 0.25) is 0 Å². The van der Waals surface area contributed by atoms with E-state index in [-0.39, 0.29) is 5.91 Å². The number of ether oxygens (including phenoxy) is 1. The Hall–Kier alpha value is -0.770. The summed E-state index contributed by atoms with van der Waals surface area (Å²) in [4.78, 5) is 14.0. The summed E-state index contributed by atoms with van der Waals surface area (Å²) in [5.74, 6) is 0.446. The lowest BCUT2D eigenvalue weighted by molar-refractivity contribution is 0.0497. The molecule has 0 aromatic heterocycles. The van der Waals surface area contributed by atoms with E-state index in [9.17, 15) is 4.79 Å². The van der Waals surface area contributed by atoms with Crippen LogP contribution < -0.4 is 0 Å². The number of nitrogens with zero attached hydrogens (tertiary/aromatic N) is 1. The molecule has 19 heavy (non-hydrogen) atoms. The van der Waals surface area contributed by atoms with E-state index in [1.165, 1.54) is 0 Å². The summed E-state index contributed by atoms with van der Waals surface area (Å²) in [7, 11) is 1.81. The van der Waals surface area contributed by atoms with E-state index in [0.29, 0.717) is 21.5 Å². The molecule has 1 aliphatic rings. The molecule has 1 amide bonds. The highest BCUT2D eigenvalue weighted by atomic mass is 35.5. The Morgan fingerprint density at radius 3 is 2.68 bits per heavy atom. The Bertz CT molecular complexity index is 459.